The van der Waals surface area contributed by atoms with Gasteiger partial charge in [-0.15, -0.1) is 0 Å². The Morgan fingerprint density at radius 1 is 0.656 bits per heavy atom. The molecule has 0 spiro atoms. The van der Waals surface area contributed by atoms with Crippen molar-refractivity contribution in [3.63, 3.8) is 0 Å². The minimum Gasteiger partial charge on any atom is -0.272 e. The van der Waals surface area contributed by atoms with Crippen LogP contribution in [0.3, 0.4) is 0 Å². The topological polar surface area (TPSA) is 41.5 Å². The number of rotatable bonds is 5. The lowest BCUT2D eigenvalue weighted by molar-refractivity contribution is -0.121. The molecule has 32 heavy (non-hydrogen) atoms. The van der Waals surface area contributed by atoms with Gasteiger partial charge in [0.25, 0.3) is 5.91 Å². The van der Waals surface area contributed by atoms with Crippen LogP contribution in [0.5, 0.6) is 0 Å². The summed E-state index contributed by atoms with van der Waals surface area (Å²) in [7, 11) is 0. The molecule has 0 unspecified atom stereocenters. The summed E-state index contributed by atoms with van der Waals surface area (Å²) in [6.45, 7) is 0. The van der Waals surface area contributed by atoms with Gasteiger partial charge in [0.2, 0.25) is 0 Å². The predicted molar refractivity (Wildman–Crippen MR) is 132 cm³/mol. The van der Waals surface area contributed by atoms with Crippen LogP contribution in [0.2, 0.25) is 0 Å². The standard InChI is InChI=1S/C29H22N2O/c32-29(28(21-11-3-1-4-12-21)22-13-5-2-6-14-22)31-30-20-27-25-17-9-7-15-23(25)19-24-16-8-10-18-26(24)27/h1-20,28H,(H,31,32)/b30-20+. The van der Waals surface area contributed by atoms with E-state index >= 15 is 0 Å². The van der Waals surface area contributed by atoms with E-state index in [1.165, 1.54) is 0 Å². The zero-order valence-electron chi connectivity index (χ0n) is 17.5. The molecule has 1 N–H and O–H groups in total. The molecule has 0 atom stereocenters. The number of benzene rings is 5. The Hall–Kier alpha value is -4.24. The van der Waals surface area contributed by atoms with E-state index in [-0.39, 0.29) is 5.91 Å². The molecule has 0 saturated heterocycles. The molecule has 0 saturated carbocycles. The van der Waals surface area contributed by atoms with Crippen LogP contribution in [-0.2, 0) is 4.79 Å². The van der Waals surface area contributed by atoms with Gasteiger partial charge in [-0.25, -0.2) is 5.43 Å². The third kappa shape index (κ3) is 3.88. The summed E-state index contributed by atoms with van der Waals surface area (Å²) in [6, 6.07) is 38.2. The molecule has 0 aromatic heterocycles. The largest absolute Gasteiger partial charge is 0.272 e. The summed E-state index contributed by atoms with van der Waals surface area (Å²) < 4.78 is 0. The Kier molecular flexibility index (Phi) is 5.46. The quantitative estimate of drug-likeness (QED) is 0.205. The fraction of sp³-hybridized carbons (Fsp3) is 0.0345. The number of amides is 1. The third-order valence-corrected chi connectivity index (χ3v) is 5.71. The van der Waals surface area contributed by atoms with Crippen LogP contribution in [0, 0.1) is 0 Å². The maximum absolute atomic E-state index is 13.2. The fourth-order valence-corrected chi connectivity index (χ4v) is 4.20. The van der Waals surface area contributed by atoms with Crippen LogP contribution in [0.1, 0.15) is 22.6 Å². The van der Waals surface area contributed by atoms with Crippen molar-refractivity contribution in [1.29, 1.82) is 0 Å². The SMILES string of the molecule is O=C(N/N=C/c1c2ccccc2cc2ccccc12)C(c1ccccc1)c1ccccc1. The Bertz CT molecular complexity index is 1320. The van der Waals surface area contributed by atoms with E-state index in [2.05, 4.69) is 40.9 Å². The monoisotopic (exact) mass is 414 g/mol. The Morgan fingerprint density at radius 2 is 1.12 bits per heavy atom. The summed E-state index contributed by atoms with van der Waals surface area (Å²) >= 11 is 0. The van der Waals surface area contributed by atoms with E-state index in [9.17, 15) is 4.79 Å². The van der Waals surface area contributed by atoms with E-state index in [0.29, 0.717) is 0 Å². The molecule has 0 fully saturated rings. The molecule has 0 aliphatic carbocycles. The maximum atomic E-state index is 13.2. The van der Waals surface area contributed by atoms with Crippen molar-refractivity contribution in [3.05, 3.63) is 132 Å². The molecule has 5 rings (SSSR count). The van der Waals surface area contributed by atoms with Gasteiger partial charge in [0.15, 0.2) is 0 Å². The van der Waals surface area contributed by atoms with Crippen molar-refractivity contribution in [3.8, 4) is 0 Å². The number of carbonyl (C=O) groups is 1. The fourth-order valence-electron chi connectivity index (χ4n) is 4.20. The lowest BCUT2D eigenvalue weighted by Gasteiger charge is -2.16. The van der Waals surface area contributed by atoms with Crippen molar-refractivity contribution >= 4 is 33.7 Å². The Morgan fingerprint density at radius 3 is 1.66 bits per heavy atom. The lowest BCUT2D eigenvalue weighted by atomic mass is 9.91. The highest BCUT2D eigenvalue weighted by Crippen LogP contribution is 2.28. The molecular weight excluding hydrogens is 392 g/mol. The third-order valence-electron chi connectivity index (χ3n) is 5.71. The number of fused-ring (bicyclic) bond motifs is 2. The smallest absolute Gasteiger partial charge is 0.252 e. The molecule has 5 aromatic carbocycles. The average Bonchev–Trinajstić information content (AvgIpc) is 2.85. The van der Waals surface area contributed by atoms with Crippen molar-refractivity contribution in [1.82, 2.24) is 5.43 Å². The summed E-state index contributed by atoms with van der Waals surface area (Å²) in [6.07, 6.45) is 1.76. The van der Waals surface area contributed by atoms with Crippen molar-refractivity contribution < 1.29 is 4.79 Å². The van der Waals surface area contributed by atoms with Crippen molar-refractivity contribution in [2.24, 2.45) is 5.10 Å². The number of nitrogens with one attached hydrogen (secondary N) is 1. The van der Waals surface area contributed by atoms with Crippen molar-refractivity contribution in [2.45, 2.75) is 5.92 Å². The van der Waals surface area contributed by atoms with Gasteiger partial charge in [0.05, 0.1) is 12.1 Å². The van der Waals surface area contributed by atoms with E-state index in [4.69, 9.17) is 0 Å². The molecule has 0 heterocycles. The first-order chi connectivity index (χ1) is 15.8. The predicted octanol–water partition coefficient (Wildman–Crippen LogP) is 6.28. The normalized spacial score (nSPS) is 11.4. The number of hydrazone groups is 1. The van der Waals surface area contributed by atoms with Crippen LogP contribution in [0.15, 0.2) is 120 Å². The molecule has 5 aromatic rings. The van der Waals surface area contributed by atoms with Gasteiger partial charge in [0.1, 0.15) is 0 Å². The molecule has 3 heteroatoms. The van der Waals surface area contributed by atoms with Gasteiger partial charge in [-0.05, 0) is 38.7 Å². The van der Waals surface area contributed by atoms with Gasteiger partial charge in [-0.2, -0.15) is 5.10 Å². The van der Waals surface area contributed by atoms with Gasteiger partial charge in [-0.3, -0.25) is 4.79 Å². The molecule has 154 valence electrons. The second-order valence-corrected chi connectivity index (χ2v) is 7.72. The first-order valence-electron chi connectivity index (χ1n) is 10.6. The molecule has 0 aliphatic heterocycles. The summed E-state index contributed by atoms with van der Waals surface area (Å²) in [4.78, 5) is 13.2. The maximum Gasteiger partial charge on any atom is 0.252 e. The van der Waals surface area contributed by atoms with Crippen LogP contribution >= 0.6 is 0 Å². The van der Waals surface area contributed by atoms with E-state index in [0.717, 1.165) is 38.2 Å². The van der Waals surface area contributed by atoms with Gasteiger partial charge in [0, 0.05) is 5.56 Å². The van der Waals surface area contributed by atoms with E-state index in [1.807, 2.05) is 84.9 Å². The highest BCUT2D eigenvalue weighted by Gasteiger charge is 2.22. The molecule has 0 radical (unpaired) electrons. The first-order valence-corrected chi connectivity index (χ1v) is 10.6. The Balaban J connectivity index is 1.50. The van der Waals surface area contributed by atoms with Gasteiger partial charge in [-0.1, -0.05) is 109 Å². The van der Waals surface area contributed by atoms with Crippen LogP contribution in [0.4, 0.5) is 0 Å². The summed E-state index contributed by atoms with van der Waals surface area (Å²) in [5.41, 5.74) is 5.65. The number of hydrogen-bond donors (Lipinski definition) is 1. The zero-order chi connectivity index (χ0) is 21.8. The highest BCUT2D eigenvalue weighted by molar-refractivity contribution is 6.13. The van der Waals surface area contributed by atoms with E-state index < -0.39 is 5.92 Å². The molecule has 0 bridgehead atoms. The summed E-state index contributed by atoms with van der Waals surface area (Å²) in [5, 5.41) is 8.88. The first kappa shape index (κ1) is 19.7. The summed E-state index contributed by atoms with van der Waals surface area (Å²) in [5.74, 6) is -0.595. The van der Waals surface area contributed by atoms with E-state index in [1.54, 1.807) is 6.21 Å². The van der Waals surface area contributed by atoms with Crippen LogP contribution in [-0.4, -0.2) is 12.1 Å². The lowest BCUT2D eigenvalue weighted by Crippen LogP contribution is -2.26. The minimum atomic E-state index is -0.432. The molecule has 1 amide bonds. The van der Waals surface area contributed by atoms with Crippen molar-refractivity contribution in [2.75, 3.05) is 0 Å². The Labute approximate surface area is 187 Å². The van der Waals surface area contributed by atoms with Crippen LogP contribution < -0.4 is 5.43 Å². The number of nitrogens with zero attached hydrogens (tertiary/aromatic N) is 1. The van der Waals surface area contributed by atoms with Crippen LogP contribution in [0.25, 0.3) is 21.5 Å². The second kappa shape index (κ2) is 8.86. The van der Waals surface area contributed by atoms with Gasteiger partial charge < -0.3 is 0 Å². The molecule has 3 nitrogen and oxygen atoms in total. The zero-order valence-corrected chi connectivity index (χ0v) is 17.5. The molecule has 0 aliphatic rings. The number of hydrogen-bond acceptors (Lipinski definition) is 2. The molecular formula is C29H22N2O. The minimum absolute atomic E-state index is 0.164. The van der Waals surface area contributed by atoms with Gasteiger partial charge >= 0.3 is 0 Å². The highest BCUT2D eigenvalue weighted by atomic mass is 16.2. The average molecular weight is 415 g/mol. The second-order valence-electron chi connectivity index (χ2n) is 7.72. The number of carbonyl (C=O) groups excluding carboxylic acids is 1.